The number of carbonyl (C=O) groups excluding carboxylic acids is 1. The number of rotatable bonds is 8. The molecule has 4 aromatic rings. The van der Waals surface area contributed by atoms with Crippen LogP contribution in [0, 0.1) is 13.8 Å². The molecular weight excluding hydrogens is 551 g/mol. The minimum absolute atomic E-state index is 0. The molecule has 0 unspecified atom stereocenters. The van der Waals surface area contributed by atoms with Crippen molar-refractivity contribution >= 4 is 72.3 Å². The Morgan fingerprint density at radius 2 is 1.65 bits per heavy atom. The van der Waals surface area contributed by atoms with E-state index in [1.807, 2.05) is 38.9 Å². The molecule has 0 aliphatic heterocycles. The van der Waals surface area contributed by atoms with Gasteiger partial charge in [-0.2, -0.15) is 0 Å². The number of para-hydroxylation sites is 1. The minimum Gasteiger partial charge on any atom is -0.308 e. The number of halogens is 2. The van der Waals surface area contributed by atoms with E-state index in [2.05, 4.69) is 10.8 Å². The standard InChI is InChI=1S/C26H27ClN4O3S2.ClH/c1-17-15-23-24(16-18(17)2)35-26(28-23)31(14-13-30(3)4)25(32)21-7-5-6-8-22(21)29-36(33,34)20-11-9-19(27)10-12-20;/h5-12,15-16,29H,13-14H2,1-4H3;1H. The molecule has 0 fully saturated rings. The summed E-state index contributed by atoms with van der Waals surface area (Å²) in [5.41, 5.74) is 3.55. The van der Waals surface area contributed by atoms with Crippen LogP contribution in [0.4, 0.5) is 10.8 Å². The molecule has 37 heavy (non-hydrogen) atoms. The van der Waals surface area contributed by atoms with E-state index in [1.165, 1.54) is 35.6 Å². The van der Waals surface area contributed by atoms with Crippen LogP contribution in [0.3, 0.4) is 0 Å². The third-order valence-electron chi connectivity index (χ3n) is 5.77. The highest BCUT2D eigenvalue weighted by molar-refractivity contribution is 7.92. The second kappa shape index (κ2) is 11.8. The molecule has 1 N–H and O–H groups in total. The zero-order valence-electron chi connectivity index (χ0n) is 20.9. The number of nitrogens with one attached hydrogen (secondary N) is 1. The molecule has 0 atom stereocenters. The number of amides is 1. The maximum Gasteiger partial charge on any atom is 0.262 e. The van der Waals surface area contributed by atoms with Gasteiger partial charge in [-0.05, 0) is 87.6 Å². The van der Waals surface area contributed by atoms with Crippen LogP contribution < -0.4 is 9.62 Å². The van der Waals surface area contributed by atoms with E-state index >= 15 is 0 Å². The van der Waals surface area contributed by atoms with Crippen LogP contribution in [0.1, 0.15) is 21.5 Å². The second-order valence-electron chi connectivity index (χ2n) is 8.77. The van der Waals surface area contributed by atoms with Crippen LogP contribution in [0.15, 0.2) is 65.6 Å². The van der Waals surface area contributed by atoms with Crippen molar-refractivity contribution in [3.8, 4) is 0 Å². The molecular formula is C26H28Cl2N4O3S2. The van der Waals surface area contributed by atoms with Gasteiger partial charge >= 0.3 is 0 Å². The molecule has 0 aliphatic carbocycles. The third-order valence-corrected chi connectivity index (χ3v) is 8.44. The topological polar surface area (TPSA) is 82.6 Å². The molecule has 4 rings (SSSR count). The summed E-state index contributed by atoms with van der Waals surface area (Å²) in [6, 6.07) is 16.5. The van der Waals surface area contributed by atoms with Crippen molar-refractivity contribution in [3.05, 3.63) is 82.4 Å². The fraction of sp³-hybridized carbons (Fsp3) is 0.231. The van der Waals surface area contributed by atoms with Crippen molar-refractivity contribution in [1.82, 2.24) is 9.88 Å². The van der Waals surface area contributed by atoms with Gasteiger partial charge in [-0.25, -0.2) is 13.4 Å². The lowest BCUT2D eigenvalue weighted by molar-refractivity contribution is 0.0986. The normalized spacial score (nSPS) is 11.4. The van der Waals surface area contributed by atoms with Gasteiger partial charge in [-0.3, -0.25) is 14.4 Å². The third kappa shape index (κ3) is 6.61. The first-order chi connectivity index (χ1) is 17.0. The molecule has 0 saturated heterocycles. The number of sulfonamides is 1. The number of aryl methyl sites for hydroxylation is 2. The second-order valence-corrected chi connectivity index (χ2v) is 11.9. The summed E-state index contributed by atoms with van der Waals surface area (Å²) in [5, 5.41) is 1.000. The van der Waals surface area contributed by atoms with E-state index in [1.54, 1.807) is 29.2 Å². The monoisotopic (exact) mass is 578 g/mol. The van der Waals surface area contributed by atoms with E-state index in [0.717, 1.165) is 21.3 Å². The fourth-order valence-electron chi connectivity index (χ4n) is 3.59. The number of aromatic nitrogens is 1. The highest BCUT2D eigenvalue weighted by Gasteiger charge is 2.25. The fourth-order valence-corrected chi connectivity index (χ4v) is 5.86. The number of carbonyl (C=O) groups is 1. The van der Waals surface area contributed by atoms with E-state index in [4.69, 9.17) is 16.6 Å². The first kappa shape index (κ1) is 28.9. The SMILES string of the molecule is Cc1cc2nc(N(CCN(C)C)C(=O)c3ccccc3NS(=O)(=O)c3ccc(Cl)cc3)sc2cc1C.Cl. The molecule has 7 nitrogen and oxygen atoms in total. The van der Waals surface area contributed by atoms with Gasteiger partial charge in [0.1, 0.15) is 0 Å². The van der Waals surface area contributed by atoms with Gasteiger partial charge < -0.3 is 4.90 Å². The molecule has 1 aromatic heterocycles. The molecule has 11 heteroatoms. The van der Waals surface area contributed by atoms with Crippen LogP contribution >= 0.6 is 35.3 Å². The quantitative estimate of drug-likeness (QED) is 0.277. The van der Waals surface area contributed by atoms with E-state index in [0.29, 0.717) is 23.2 Å². The van der Waals surface area contributed by atoms with Gasteiger partial charge in [0.15, 0.2) is 5.13 Å². The smallest absolute Gasteiger partial charge is 0.262 e. The number of thiazole rings is 1. The van der Waals surface area contributed by atoms with Crippen molar-refractivity contribution in [2.24, 2.45) is 0 Å². The van der Waals surface area contributed by atoms with E-state index in [9.17, 15) is 13.2 Å². The van der Waals surface area contributed by atoms with Crippen molar-refractivity contribution in [1.29, 1.82) is 0 Å². The maximum atomic E-state index is 13.9. The number of anilines is 2. The number of hydrogen-bond acceptors (Lipinski definition) is 6. The summed E-state index contributed by atoms with van der Waals surface area (Å²) < 4.78 is 29.6. The van der Waals surface area contributed by atoms with Gasteiger partial charge in [-0.15, -0.1) is 12.4 Å². The first-order valence-electron chi connectivity index (χ1n) is 11.3. The molecule has 3 aromatic carbocycles. The lowest BCUT2D eigenvalue weighted by atomic mass is 10.1. The van der Waals surface area contributed by atoms with Crippen molar-refractivity contribution in [3.63, 3.8) is 0 Å². The predicted octanol–water partition coefficient (Wildman–Crippen LogP) is 6.00. The Kier molecular flexibility index (Phi) is 9.20. The summed E-state index contributed by atoms with van der Waals surface area (Å²) in [7, 11) is -0.0679. The predicted molar refractivity (Wildman–Crippen MR) is 155 cm³/mol. The molecule has 196 valence electrons. The van der Waals surface area contributed by atoms with Gasteiger partial charge in [0.25, 0.3) is 15.9 Å². The molecule has 0 aliphatic rings. The Morgan fingerprint density at radius 1 is 1.00 bits per heavy atom. The Labute approximate surface area is 232 Å². The van der Waals surface area contributed by atoms with E-state index in [-0.39, 0.29) is 34.5 Å². The van der Waals surface area contributed by atoms with Crippen LogP contribution in [-0.2, 0) is 10.0 Å². The average molecular weight is 580 g/mol. The van der Waals surface area contributed by atoms with Crippen LogP contribution in [0.5, 0.6) is 0 Å². The Bertz CT molecular complexity index is 1480. The minimum atomic E-state index is -3.93. The zero-order chi connectivity index (χ0) is 26.0. The van der Waals surface area contributed by atoms with Gasteiger partial charge in [0.05, 0.1) is 26.4 Å². The summed E-state index contributed by atoms with van der Waals surface area (Å²) in [6.45, 7) is 5.08. The highest BCUT2D eigenvalue weighted by atomic mass is 35.5. The largest absolute Gasteiger partial charge is 0.308 e. The zero-order valence-corrected chi connectivity index (χ0v) is 24.1. The molecule has 1 amide bonds. The van der Waals surface area contributed by atoms with E-state index < -0.39 is 10.0 Å². The lowest BCUT2D eigenvalue weighted by Crippen LogP contribution is -2.37. The summed E-state index contributed by atoms with van der Waals surface area (Å²) in [6.07, 6.45) is 0. The van der Waals surface area contributed by atoms with Crippen molar-refractivity contribution in [2.75, 3.05) is 36.8 Å². The Morgan fingerprint density at radius 3 is 2.32 bits per heavy atom. The number of nitrogens with zero attached hydrogens (tertiary/aromatic N) is 3. The van der Waals surface area contributed by atoms with Crippen LogP contribution in [0.25, 0.3) is 10.2 Å². The first-order valence-corrected chi connectivity index (χ1v) is 13.9. The van der Waals surface area contributed by atoms with Crippen LogP contribution in [0.2, 0.25) is 5.02 Å². The van der Waals surface area contributed by atoms with Gasteiger partial charge in [0, 0.05) is 18.1 Å². The Balaban J connectivity index is 0.00000380. The lowest BCUT2D eigenvalue weighted by Gasteiger charge is -2.23. The maximum absolute atomic E-state index is 13.9. The molecule has 1 heterocycles. The Hall–Kier alpha value is -2.69. The van der Waals surface area contributed by atoms with Gasteiger partial charge in [0.2, 0.25) is 0 Å². The number of likely N-dealkylation sites (N-methyl/N-ethyl adjacent to an activating group) is 1. The number of fused-ring (bicyclic) bond motifs is 1. The van der Waals surface area contributed by atoms with Crippen LogP contribution in [-0.4, -0.2) is 51.4 Å². The molecule has 0 radical (unpaired) electrons. The molecule has 0 saturated carbocycles. The molecule has 0 spiro atoms. The molecule has 0 bridgehead atoms. The summed E-state index contributed by atoms with van der Waals surface area (Å²) >= 11 is 7.35. The summed E-state index contributed by atoms with van der Waals surface area (Å²) in [5.74, 6) is -0.334. The highest BCUT2D eigenvalue weighted by Crippen LogP contribution is 2.32. The van der Waals surface area contributed by atoms with Crippen molar-refractivity contribution in [2.45, 2.75) is 18.7 Å². The summed E-state index contributed by atoms with van der Waals surface area (Å²) in [4.78, 5) is 22.3. The van der Waals surface area contributed by atoms with Crippen molar-refractivity contribution < 1.29 is 13.2 Å². The number of benzene rings is 3. The average Bonchev–Trinajstić information content (AvgIpc) is 3.21. The van der Waals surface area contributed by atoms with Gasteiger partial charge in [-0.1, -0.05) is 35.1 Å². The number of hydrogen-bond donors (Lipinski definition) is 1.